The van der Waals surface area contributed by atoms with Crippen LogP contribution in [-0.2, 0) is 4.79 Å². The summed E-state index contributed by atoms with van der Waals surface area (Å²) in [6.45, 7) is 1.70. The monoisotopic (exact) mass is 342 g/mol. The summed E-state index contributed by atoms with van der Waals surface area (Å²) in [6.07, 6.45) is 5.91. The summed E-state index contributed by atoms with van der Waals surface area (Å²) in [7, 11) is 1.59. The van der Waals surface area contributed by atoms with Crippen LogP contribution in [0.25, 0.3) is 5.69 Å². The Morgan fingerprint density at radius 2 is 2.36 bits per heavy atom. The van der Waals surface area contributed by atoms with Gasteiger partial charge in [-0.2, -0.15) is 4.68 Å². The van der Waals surface area contributed by atoms with Gasteiger partial charge in [-0.15, -0.1) is 5.10 Å². The van der Waals surface area contributed by atoms with Crippen molar-refractivity contribution in [1.29, 1.82) is 0 Å². The maximum Gasteiger partial charge on any atom is 0.232 e. The molecule has 1 saturated carbocycles. The van der Waals surface area contributed by atoms with E-state index in [1.165, 1.54) is 17.4 Å². The van der Waals surface area contributed by atoms with E-state index in [4.69, 9.17) is 4.74 Å². The summed E-state index contributed by atoms with van der Waals surface area (Å²) in [6, 6.07) is 5.50. The van der Waals surface area contributed by atoms with Gasteiger partial charge in [0.15, 0.2) is 0 Å². The van der Waals surface area contributed by atoms with Gasteiger partial charge in [0.1, 0.15) is 17.8 Å². The van der Waals surface area contributed by atoms with Gasteiger partial charge in [0.2, 0.25) is 5.91 Å². The second-order valence-electron chi connectivity index (χ2n) is 6.82. The number of amides is 1. The molecule has 132 valence electrons. The Hall–Kier alpha value is -2.48. The number of carbonyl (C=O) groups is 1. The number of hydrogen-bond acceptors (Lipinski definition) is 6. The molecule has 0 bridgehead atoms. The number of methoxy groups -OCH3 is 1. The molecule has 4 rings (SSSR count). The van der Waals surface area contributed by atoms with E-state index in [1.807, 2.05) is 18.2 Å². The van der Waals surface area contributed by atoms with E-state index in [-0.39, 0.29) is 11.3 Å². The zero-order chi connectivity index (χ0) is 17.3. The van der Waals surface area contributed by atoms with Crippen LogP contribution < -0.4 is 15.4 Å². The minimum atomic E-state index is -0.285. The molecule has 2 N–H and O–H groups in total. The number of hydrogen-bond donors (Lipinski definition) is 2. The highest BCUT2D eigenvalue weighted by molar-refractivity contribution is 5.96. The van der Waals surface area contributed by atoms with Crippen molar-refractivity contribution in [3.05, 3.63) is 24.5 Å². The first-order valence-corrected chi connectivity index (χ1v) is 8.66. The Balaban J connectivity index is 1.60. The molecule has 2 heterocycles. The lowest BCUT2D eigenvalue weighted by molar-refractivity contribution is -0.128. The first kappa shape index (κ1) is 16.0. The number of benzene rings is 1. The summed E-state index contributed by atoms with van der Waals surface area (Å²) in [5, 5.41) is 17.8. The number of tetrazole rings is 1. The molecule has 0 radical (unpaired) electrons. The molecular formula is C17H22N6O2. The summed E-state index contributed by atoms with van der Waals surface area (Å²) < 4.78 is 6.90. The lowest BCUT2D eigenvalue weighted by Crippen LogP contribution is -2.44. The van der Waals surface area contributed by atoms with Crippen molar-refractivity contribution in [2.45, 2.75) is 25.7 Å². The SMILES string of the molecule is COc1ccc(NC(=O)[C@@]23CCCC[C@H]2CNC3)cc1-n1cnnn1. The van der Waals surface area contributed by atoms with Gasteiger partial charge >= 0.3 is 0 Å². The topological polar surface area (TPSA) is 94.0 Å². The van der Waals surface area contributed by atoms with Crippen molar-refractivity contribution in [2.75, 3.05) is 25.5 Å². The third-order valence-corrected chi connectivity index (χ3v) is 5.52. The van der Waals surface area contributed by atoms with Crippen molar-refractivity contribution < 1.29 is 9.53 Å². The van der Waals surface area contributed by atoms with E-state index in [2.05, 4.69) is 26.2 Å². The average molecular weight is 342 g/mol. The molecule has 1 aromatic carbocycles. The summed E-state index contributed by atoms with van der Waals surface area (Å²) >= 11 is 0. The van der Waals surface area contributed by atoms with Crippen LogP contribution in [0.3, 0.4) is 0 Å². The van der Waals surface area contributed by atoms with Crippen molar-refractivity contribution in [3.8, 4) is 11.4 Å². The Kier molecular flexibility index (Phi) is 4.12. The molecule has 8 heteroatoms. The minimum absolute atomic E-state index is 0.107. The molecule has 1 aromatic heterocycles. The number of ether oxygens (including phenoxy) is 1. The molecule has 0 unspecified atom stereocenters. The second-order valence-corrected chi connectivity index (χ2v) is 6.82. The largest absolute Gasteiger partial charge is 0.494 e. The van der Waals surface area contributed by atoms with Crippen molar-refractivity contribution in [1.82, 2.24) is 25.5 Å². The number of carbonyl (C=O) groups excluding carboxylic acids is 1. The van der Waals surface area contributed by atoms with Crippen LogP contribution in [-0.4, -0.2) is 46.3 Å². The Morgan fingerprint density at radius 3 is 3.16 bits per heavy atom. The molecule has 1 aliphatic heterocycles. The average Bonchev–Trinajstić information content (AvgIpc) is 3.31. The highest BCUT2D eigenvalue weighted by Gasteiger charge is 2.49. The van der Waals surface area contributed by atoms with E-state index >= 15 is 0 Å². The molecule has 1 saturated heterocycles. The highest BCUT2D eigenvalue weighted by Crippen LogP contribution is 2.44. The lowest BCUT2D eigenvalue weighted by atomic mass is 9.67. The number of anilines is 1. The van der Waals surface area contributed by atoms with Gasteiger partial charge in [0, 0.05) is 12.2 Å². The van der Waals surface area contributed by atoms with Crippen LogP contribution in [0, 0.1) is 11.3 Å². The third kappa shape index (κ3) is 2.76. The highest BCUT2D eigenvalue weighted by atomic mass is 16.5. The molecule has 0 spiro atoms. The van der Waals surface area contributed by atoms with Crippen molar-refractivity contribution in [3.63, 3.8) is 0 Å². The van der Waals surface area contributed by atoms with E-state index in [9.17, 15) is 4.79 Å². The maximum atomic E-state index is 13.1. The van der Waals surface area contributed by atoms with Crippen LogP contribution in [0.4, 0.5) is 5.69 Å². The van der Waals surface area contributed by atoms with E-state index in [0.717, 1.165) is 38.0 Å². The fourth-order valence-electron chi connectivity index (χ4n) is 4.16. The van der Waals surface area contributed by atoms with E-state index in [1.54, 1.807) is 7.11 Å². The first-order chi connectivity index (χ1) is 12.2. The molecule has 8 nitrogen and oxygen atoms in total. The molecule has 1 amide bonds. The predicted octanol–water partition coefficient (Wildman–Crippen LogP) is 1.39. The second kappa shape index (κ2) is 6.44. The molecule has 1 aliphatic carbocycles. The minimum Gasteiger partial charge on any atom is -0.494 e. The van der Waals surface area contributed by atoms with E-state index in [0.29, 0.717) is 17.4 Å². The Morgan fingerprint density at radius 1 is 1.44 bits per heavy atom. The van der Waals surface area contributed by atoms with Crippen molar-refractivity contribution >= 4 is 11.6 Å². The van der Waals surface area contributed by atoms with Gasteiger partial charge in [-0.1, -0.05) is 12.8 Å². The zero-order valence-corrected chi connectivity index (χ0v) is 14.2. The van der Waals surface area contributed by atoms with Crippen LogP contribution >= 0.6 is 0 Å². The van der Waals surface area contributed by atoms with Crippen LogP contribution in [0.1, 0.15) is 25.7 Å². The van der Waals surface area contributed by atoms with Gasteiger partial charge in [-0.3, -0.25) is 4.79 Å². The Bertz CT molecular complexity index is 763. The fourth-order valence-corrected chi connectivity index (χ4v) is 4.16. The Labute approximate surface area is 145 Å². The van der Waals surface area contributed by atoms with Gasteiger partial charge < -0.3 is 15.4 Å². The number of fused-ring (bicyclic) bond motifs is 1. The smallest absolute Gasteiger partial charge is 0.232 e. The number of rotatable bonds is 4. The van der Waals surface area contributed by atoms with Gasteiger partial charge in [-0.05, 0) is 53.9 Å². The predicted molar refractivity (Wildman–Crippen MR) is 91.6 cm³/mol. The van der Waals surface area contributed by atoms with E-state index < -0.39 is 0 Å². The zero-order valence-electron chi connectivity index (χ0n) is 14.2. The molecule has 2 atom stereocenters. The lowest BCUT2D eigenvalue weighted by Gasteiger charge is -2.37. The fraction of sp³-hybridized carbons (Fsp3) is 0.529. The van der Waals surface area contributed by atoms with Crippen LogP contribution in [0.2, 0.25) is 0 Å². The van der Waals surface area contributed by atoms with Gasteiger partial charge in [-0.25, -0.2) is 0 Å². The number of aromatic nitrogens is 4. The number of nitrogens with zero attached hydrogens (tertiary/aromatic N) is 4. The summed E-state index contributed by atoms with van der Waals surface area (Å²) in [4.78, 5) is 13.1. The number of nitrogens with one attached hydrogen (secondary N) is 2. The van der Waals surface area contributed by atoms with Crippen LogP contribution in [0.5, 0.6) is 5.75 Å². The quantitative estimate of drug-likeness (QED) is 0.872. The molecule has 2 fully saturated rings. The summed E-state index contributed by atoms with van der Waals surface area (Å²) in [5.41, 5.74) is 1.13. The summed E-state index contributed by atoms with van der Waals surface area (Å²) in [5.74, 6) is 1.18. The molecular weight excluding hydrogens is 320 g/mol. The van der Waals surface area contributed by atoms with Crippen LogP contribution in [0.15, 0.2) is 24.5 Å². The van der Waals surface area contributed by atoms with Gasteiger partial charge in [0.25, 0.3) is 0 Å². The molecule has 25 heavy (non-hydrogen) atoms. The molecule has 2 aromatic rings. The van der Waals surface area contributed by atoms with Gasteiger partial charge in [0.05, 0.1) is 12.5 Å². The maximum absolute atomic E-state index is 13.1. The first-order valence-electron chi connectivity index (χ1n) is 8.66. The third-order valence-electron chi connectivity index (χ3n) is 5.52. The normalized spacial score (nSPS) is 25.4. The molecule has 2 aliphatic rings. The standard InChI is InChI=1S/C17H22N6O2/c1-25-15-6-5-13(8-14(15)23-11-19-21-22-23)20-16(24)17-7-3-2-4-12(17)9-18-10-17/h5-6,8,11-12,18H,2-4,7,9-10H2,1H3,(H,20,24)/t12-,17+/m0/s1. The van der Waals surface area contributed by atoms with Crippen molar-refractivity contribution in [2.24, 2.45) is 11.3 Å².